The third-order valence-electron chi connectivity index (χ3n) is 6.64. The average molecular weight is 432 g/mol. The number of hydrogen-bond acceptors (Lipinski definition) is 3. The van der Waals surface area contributed by atoms with Crippen LogP contribution < -0.4 is 4.74 Å². The minimum atomic E-state index is -0.852. The first-order chi connectivity index (χ1) is 15.4. The van der Waals surface area contributed by atoms with E-state index in [0.29, 0.717) is 23.3 Å². The fourth-order valence-corrected chi connectivity index (χ4v) is 4.69. The van der Waals surface area contributed by atoms with E-state index in [1.165, 1.54) is 6.07 Å². The normalized spacial score (nSPS) is 16.3. The summed E-state index contributed by atoms with van der Waals surface area (Å²) in [6.45, 7) is 1.96. The predicted octanol–water partition coefficient (Wildman–Crippen LogP) is 6.25. The largest absolute Gasteiger partial charge is 0.486 e. The van der Waals surface area contributed by atoms with Gasteiger partial charge in [-0.3, -0.25) is 9.59 Å². The SMILES string of the molecule is Cc1c(-c2ccc(CC(=O)c3c(F)cccc3F)cc2)ccc2c1OC1(CCC1)CC2=O. The third kappa shape index (κ3) is 3.42. The van der Waals surface area contributed by atoms with Crippen molar-refractivity contribution in [1.82, 2.24) is 0 Å². The predicted molar refractivity (Wildman–Crippen MR) is 117 cm³/mol. The lowest BCUT2D eigenvalue weighted by atomic mass is 9.73. The summed E-state index contributed by atoms with van der Waals surface area (Å²) in [6, 6.07) is 14.5. The van der Waals surface area contributed by atoms with E-state index in [1.807, 2.05) is 31.2 Å². The van der Waals surface area contributed by atoms with Gasteiger partial charge in [0.2, 0.25) is 0 Å². The lowest BCUT2D eigenvalue weighted by Gasteiger charge is -2.45. The Hall–Kier alpha value is -3.34. The van der Waals surface area contributed by atoms with Gasteiger partial charge in [0.1, 0.15) is 23.0 Å². The molecule has 5 heteroatoms. The van der Waals surface area contributed by atoms with Crippen LogP contribution in [0.4, 0.5) is 8.78 Å². The van der Waals surface area contributed by atoms with E-state index in [1.54, 1.807) is 12.1 Å². The Bertz CT molecular complexity index is 1220. The highest BCUT2D eigenvalue weighted by molar-refractivity contribution is 6.02. The molecule has 0 radical (unpaired) electrons. The summed E-state index contributed by atoms with van der Waals surface area (Å²) >= 11 is 0. The van der Waals surface area contributed by atoms with Crippen molar-refractivity contribution in [3.63, 3.8) is 0 Å². The number of halogens is 2. The average Bonchev–Trinajstić information content (AvgIpc) is 2.74. The number of carbonyl (C=O) groups excluding carboxylic acids is 2. The molecule has 0 saturated heterocycles. The van der Waals surface area contributed by atoms with Gasteiger partial charge in [-0.15, -0.1) is 0 Å². The number of ether oxygens (including phenoxy) is 1. The van der Waals surface area contributed by atoms with E-state index in [2.05, 4.69) is 0 Å². The molecule has 3 aromatic carbocycles. The van der Waals surface area contributed by atoms with E-state index in [9.17, 15) is 18.4 Å². The highest BCUT2D eigenvalue weighted by atomic mass is 19.1. The standard InChI is InChI=1S/C27H22F2O3/c1-16-19(10-11-20-24(31)15-27(12-3-13-27)32-26(16)20)18-8-6-17(7-9-18)14-23(30)25-21(28)4-2-5-22(25)29/h2,4-11H,3,12-15H2,1H3. The first kappa shape index (κ1) is 20.6. The van der Waals surface area contributed by atoms with Crippen LogP contribution in [-0.2, 0) is 6.42 Å². The van der Waals surface area contributed by atoms with E-state index in [4.69, 9.17) is 4.74 Å². The van der Waals surface area contributed by atoms with Crippen LogP contribution in [0.2, 0.25) is 0 Å². The van der Waals surface area contributed by atoms with Gasteiger partial charge in [0.25, 0.3) is 0 Å². The Kier molecular flexibility index (Phi) is 4.92. The molecule has 0 N–H and O–H groups in total. The van der Waals surface area contributed by atoms with Crippen LogP contribution in [0.15, 0.2) is 54.6 Å². The second-order valence-corrected chi connectivity index (χ2v) is 8.75. The minimum Gasteiger partial charge on any atom is -0.486 e. The molecule has 1 aliphatic heterocycles. The van der Waals surface area contributed by atoms with Crippen LogP contribution >= 0.6 is 0 Å². The van der Waals surface area contributed by atoms with Crippen molar-refractivity contribution in [2.45, 2.75) is 44.6 Å². The highest BCUT2D eigenvalue weighted by Gasteiger charge is 2.45. The van der Waals surface area contributed by atoms with Crippen molar-refractivity contribution in [3.8, 4) is 16.9 Å². The topological polar surface area (TPSA) is 43.4 Å². The minimum absolute atomic E-state index is 0.0958. The number of ketones is 2. The summed E-state index contributed by atoms with van der Waals surface area (Å²) in [5.74, 6) is -1.50. The Balaban J connectivity index is 1.41. The van der Waals surface area contributed by atoms with Gasteiger partial charge in [-0.1, -0.05) is 36.4 Å². The molecule has 1 heterocycles. The van der Waals surface area contributed by atoms with Gasteiger partial charge in [0.15, 0.2) is 11.6 Å². The summed E-state index contributed by atoms with van der Waals surface area (Å²) in [4.78, 5) is 25.1. The van der Waals surface area contributed by atoms with E-state index < -0.39 is 23.0 Å². The zero-order chi connectivity index (χ0) is 22.5. The number of hydrogen-bond donors (Lipinski definition) is 0. The second-order valence-electron chi connectivity index (χ2n) is 8.75. The molecule has 3 aromatic rings. The quantitative estimate of drug-likeness (QED) is 0.458. The van der Waals surface area contributed by atoms with Crippen LogP contribution in [0, 0.1) is 18.6 Å². The molecule has 5 rings (SSSR count). The van der Waals surface area contributed by atoms with Crippen molar-refractivity contribution in [2.75, 3.05) is 0 Å². The number of rotatable bonds is 4. The smallest absolute Gasteiger partial charge is 0.173 e. The molecule has 32 heavy (non-hydrogen) atoms. The molecule has 1 aliphatic carbocycles. The fourth-order valence-electron chi connectivity index (χ4n) is 4.69. The molecule has 162 valence electrons. The van der Waals surface area contributed by atoms with Gasteiger partial charge in [0.05, 0.1) is 17.5 Å². The molecule has 2 aliphatic rings. The Morgan fingerprint density at radius 1 is 0.969 bits per heavy atom. The summed E-state index contributed by atoms with van der Waals surface area (Å²) in [7, 11) is 0. The number of carbonyl (C=O) groups is 2. The molecule has 1 fully saturated rings. The van der Waals surface area contributed by atoms with Crippen molar-refractivity contribution in [1.29, 1.82) is 0 Å². The highest BCUT2D eigenvalue weighted by Crippen LogP contribution is 2.47. The molecule has 0 atom stereocenters. The summed E-state index contributed by atoms with van der Waals surface area (Å²) in [5, 5.41) is 0. The van der Waals surface area contributed by atoms with E-state index in [0.717, 1.165) is 48.1 Å². The molecule has 0 aromatic heterocycles. The van der Waals surface area contributed by atoms with Crippen LogP contribution in [0.1, 0.15) is 57.5 Å². The maximum atomic E-state index is 13.9. The van der Waals surface area contributed by atoms with Crippen LogP contribution in [-0.4, -0.2) is 17.2 Å². The Labute approximate surface area is 185 Å². The number of benzene rings is 3. The molecule has 1 spiro atoms. The fraction of sp³-hybridized carbons (Fsp3) is 0.259. The van der Waals surface area contributed by atoms with Crippen LogP contribution in [0.25, 0.3) is 11.1 Å². The van der Waals surface area contributed by atoms with Gasteiger partial charge in [-0.2, -0.15) is 0 Å². The van der Waals surface area contributed by atoms with Gasteiger partial charge >= 0.3 is 0 Å². The van der Waals surface area contributed by atoms with E-state index in [-0.39, 0.29) is 17.8 Å². The first-order valence-electron chi connectivity index (χ1n) is 10.8. The van der Waals surface area contributed by atoms with Gasteiger partial charge in [-0.25, -0.2) is 8.78 Å². The lowest BCUT2D eigenvalue weighted by Crippen LogP contribution is -2.47. The molecule has 0 amide bonds. The van der Waals surface area contributed by atoms with Gasteiger partial charge in [-0.05, 0) is 66.6 Å². The molecule has 3 nitrogen and oxygen atoms in total. The van der Waals surface area contributed by atoms with Crippen molar-refractivity contribution in [3.05, 3.63) is 88.5 Å². The molecule has 1 saturated carbocycles. The van der Waals surface area contributed by atoms with Gasteiger partial charge < -0.3 is 4.74 Å². The molecule has 0 bridgehead atoms. The monoisotopic (exact) mass is 432 g/mol. The molecule has 0 unspecified atom stereocenters. The maximum absolute atomic E-state index is 13.9. The van der Waals surface area contributed by atoms with Crippen molar-refractivity contribution < 1.29 is 23.1 Å². The zero-order valence-electron chi connectivity index (χ0n) is 17.7. The van der Waals surface area contributed by atoms with E-state index >= 15 is 0 Å². The summed E-state index contributed by atoms with van der Waals surface area (Å²) < 4.78 is 34.1. The van der Waals surface area contributed by atoms with Crippen molar-refractivity contribution in [2.24, 2.45) is 0 Å². The molecular formula is C27H22F2O3. The lowest BCUT2D eigenvalue weighted by molar-refractivity contribution is -0.0182. The first-order valence-corrected chi connectivity index (χ1v) is 10.8. The summed E-state index contributed by atoms with van der Waals surface area (Å²) in [5.41, 5.74) is 3.25. The number of fused-ring (bicyclic) bond motifs is 1. The van der Waals surface area contributed by atoms with Crippen LogP contribution in [0.3, 0.4) is 0 Å². The van der Waals surface area contributed by atoms with Gasteiger partial charge in [0, 0.05) is 6.42 Å². The second kappa shape index (κ2) is 7.66. The van der Waals surface area contributed by atoms with Crippen LogP contribution in [0.5, 0.6) is 5.75 Å². The Morgan fingerprint density at radius 2 is 1.62 bits per heavy atom. The maximum Gasteiger partial charge on any atom is 0.173 e. The van der Waals surface area contributed by atoms with Crippen molar-refractivity contribution >= 4 is 11.6 Å². The summed E-state index contributed by atoms with van der Waals surface area (Å²) in [6.07, 6.45) is 3.25. The zero-order valence-corrected chi connectivity index (χ0v) is 17.7. The molecular weight excluding hydrogens is 410 g/mol. The number of Topliss-reactive ketones (excluding diaryl/α,β-unsaturated/α-hetero) is 2. The Morgan fingerprint density at radius 3 is 2.25 bits per heavy atom. The third-order valence-corrected chi connectivity index (χ3v) is 6.64.